The van der Waals surface area contributed by atoms with Crippen molar-refractivity contribution < 1.29 is 4.74 Å². The maximum Gasteiger partial charge on any atom is 0.239 e. The number of nitrogens with two attached hydrogens (primary N) is 1. The maximum atomic E-state index is 5.49. The predicted molar refractivity (Wildman–Crippen MR) is 61.9 cm³/mol. The van der Waals surface area contributed by atoms with Gasteiger partial charge in [-0.3, -0.25) is 5.43 Å². The van der Waals surface area contributed by atoms with Gasteiger partial charge in [0, 0.05) is 25.3 Å². The number of nitrogen functional groups attached to an aromatic ring is 1. The third kappa shape index (κ3) is 2.59. The average Bonchev–Trinajstić information content (AvgIpc) is 2.72. The van der Waals surface area contributed by atoms with Gasteiger partial charge >= 0.3 is 0 Å². The van der Waals surface area contributed by atoms with E-state index in [1.165, 1.54) is 0 Å². The molecule has 0 saturated carbocycles. The van der Waals surface area contributed by atoms with Crippen LogP contribution in [0, 0.1) is 5.92 Å². The molecule has 2 unspecified atom stereocenters. The molecule has 0 aromatic carbocycles. The second-order valence-electron chi connectivity index (χ2n) is 3.92. The minimum Gasteiger partial charge on any atom is -0.378 e. The SMILES string of the molecule is CC1OCCC1CNc1ccnc(NN)n1. The fourth-order valence-corrected chi connectivity index (χ4v) is 1.81. The maximum absolute atomic E-state index is 5.49. The van der Waals surface area contributed by atoms with Gasteiger partial charge in [-0.25, -0.2) is 10.8 Å². The highest BCUT2D eigenvalue weighted by Gasteiger charge is 2.23. The van der Waals surface area contributed by atoms with Crippen molar-refractivity contribution in [2.24, 2.45) is 11.8 Å². The van der Waals surface area contributed by atoms with Crippen LogP contribution in [0.4, 0.5) is 11.8 Å². The summed E-state index contributed by atoms with van der Waals surface area (Å²) < 4.78 is 5.49. The Balaban J connectivity index is 1.88. The van der Waals surface area contributed by atoms with Crippen LogP contribution in [0.1, 0.15) is 13.3 Å². The van der Waals surface area contributed by atoms with E-state index >= 15 is 0 Å². The van der Waals surface area contributed by atoms with Gasteiger partial charge < -0.3 is 10.1 Å². The molecule has 1 aromatic heterocycles. The highest BCUT2D eigenvalue weighted by molar-refractivity contribution is 5.38. The molecule has 88 valence electrons. The Morgan fingerprint density at radius 3 is 3.19 bits per heavy atom. The lowest BCUT2D eigenvalue weighted by atomic mass is 10.0. The molecule has 1 aromatic rings. The first-order chi connectivity index (χ1) is 7.79. The molecule has 2 heterocycles. The molecule has 0 radical (unpaired) electrons. The molecule has 1 aliphatic rings. The Morgan fingerprint density at radius 1 is 1.62 bits per heavy atom. The first-order valence-corrected chi connectivity index (χ1v) is 5.44. The van der Waals surface area contributed by atoms with Gasteiger partial charge in [-0.1, -0.05) is 0 Å². The van der Waals surface area contributed by atoms with Gasteiger partial charge in [0.05, 0.1) is 6.10 Å². The summed E-state index contributed by atoms with van der Waals surface area (Å²) in [5.41, 5.74) is 2.42. The van der Waals surface area contributed by atoms with Gasteiger partial charge in [0.1, 0.15) is 5.82 Å². The molecular weight excluding hydrogens is 206 g/mol. The van der Waals surface area contributed by atoms with Crippen LogP contribution in [0.25, 0.3) is 0 Å². The number of nitrogens with one attached hydrogen (secondary N) is 2. The molecule has 2 rings (SSSR count). The van der Waals surface area contributed by atoms with Crippen molar-refractivity contribution in [1.82, 2.24) is 9.97 Å². The highest BCUT2D eigenvalue weighted by atomic mass is 16.5. The van der Waals surface area contributed by atoms with Crippen LogP contribution in [0.2, 0.25) is 0 Å². The zero-order valence-corrected chi connectivity index (χ0v) is 9.31. The first-order valence-electron chi connectivity index (χ1n) is 5.44. The Bertz CT molecular complexity index is 346. The summed E-state index contributed by atoms with van der Waals surface area (Å²) in [6.07, 6.45) is 3.09. The second-order valence-corrected chi connectivity index (χ2v) is 3.92. The highest BCUT2D eigenvalue weighted by Crippen LogP contribution is 2.20. The van der Waals surface area contributed by atoms with Gasteiger partial charge in [-0.15, -0.1) is 0 Å². The quantitative estimate of drug-likeness (QED) is 0.512. The minimum absolute atomic E-state index is 0.321. The molecule has 6 heteroatoms. The number of hydrogen-bond donors (Lipinski definition) is 3. The Morgan fingerprint density at radius 2 is 2.50 bits per heavy atom. The van der Waals surface area contributed by atoms with Gasteiger partial charge in [0.25, 0.3) is 0 Å². The van der Waals surface area contributed by atoms with Gasteiger partial charge in [-0.05, 0) is 19.4 Å². The molecule has 1 fully saturated rings. The van der Waals surface area contributed by atoms with Crippen LogP contribution in [0.3, 0.4) is 0 Å². The smallest absolute Gasteiger partial charge is 0.239 e. The summed E-state index contributed by atoms with van der Waals surface area (Å²) in [5, 5.41) is 3.27. The average molecular weight is 223 g/mol. The molecule has 0 aliphatic carbocycles. The molecular formula is C10H17N5O. The van der Waals surface area contributed by atoms with E-state index in [4.69, 9.17) is 10.6 Å². The summed E-state index contributed by atoms with van der Waals surface area (Å²) in [6.45, 7) is 3.82. The summed E-state index contributed by atoms with van der Waals surface area (Å²) in [6, 6.07) is 1.82. The zero-order chi connectivity index (χ0) is 11.4. The molecule has 0 spiro atoms. The number of aromatic nitrogens is 2. The number of nitrogens with zero attached hydrogens (tertiary/aromatic N) is 2. The van der Waals surface area contributed by atoms with E-state index in [0.29, 0.717) is 18.0 Å². The molecule has 6 nitrogen and oxygen atoms in total. The van der Waals surface area contributed by atoms with E-state index in [1.54, 1.807) is 6.20 Å². The monoisotopic (exact) mass is 223 g/mol. The normalized spacial score (nSPS) is 24.4. The third-order valence-corrected chi connectivity index (χ3v) is 2.86. The number of hydrogen-bond acceptors (Lipinski definition) is 6. The summed E-state index contributed by atoms with van der Waals surface area (Å²) in [4.78, 5) is 8.12. The predicted octanol–water partition coefficient (Wildman–Crippen LogP) is 0.599. The van der Waals surface area contributed by atoms with Gasteiger partial charge in [0.15, 0.2) is 0 Å². The van der Waals surface area contributed by atoms with E-state index in [1.807, 2.05) is 6.07 Å². The topological polar surface area (TPSA) is 85.1 Å². The number of rotatable bonds is 4. The lowest BCUT2D eigenvalue weighted by Gasteiger charge is -2.15. The van der Waals surface area contributed by atoms with Crippen molar-refractivity contribution in [3.63, 3.8) is 0 Å². The lowest BCUT2D eigenvalue weighted by Crippen LogP contribution is -2.21. The van der Waals surface area contributed by atoms with Crippen LogP contribution >= 0.6 is 0 Å². The van der Waals surface area contributed by atoms with Crippen LogP contribution in [-0.4, -0.2) is 29.2 Å². The van der Waals surface area contributed by atoms with Crippen molar-refractivity contribution in [2.75, 3.05) is 23.9 Å². The Hall–Kier alpha value is -1.40. The van der Waals surface area contributed by atoms with Gasteiger partial charge in [-0.2, -0.15) is 4.98 Å². The Labute approximate surface area is 94.6 Å². The lowest BCUT2D eigenvalue weighted by molar-refractivity contribution is 0.108. The van der Waals surface area contributed by atoms with Crippen LogP contribution < -0.4 is 16.6 Å². The Kier molecular flexibility index (Phi) is 3.53. The van der Waals surface area contributed by atoms with Crippen LogP contribution in [0.5, 0.6) is 0 Å². The molecule has 1 aliphatic heterocycles. The van der Waals surface area contributed by atoms with E-state index in [0.717, 1.165) is 25.4 Å². The largest absolute Gasteiger partial charge is 0.378 e. The van der Waals surface area contributed by atoms with Crippen molar-refractivity contribution in [3.05, 3.63) is 12.3 Å². The fourth-order valence-electron chi connectivity index (χ4n) is 1.81. The summed E-state index contributed by atoms with van der Waals surface area (Å²) in [7, 11) is 0. The van der Waals surface area contributed by atoms with Crippen LogP contribution in [0.15, 0.2) is 12.3 Å². The van der Waals surface area contributed by atoms with E-state index in [-0.39, 0.29) is 0 Å². The molecule has 4 N–H and O–H groups in total. The number of ether oxygens (including phenoxy) is 1. The summed E-state index contributed by atoms with van der Waals surface area (Å²) >= 11 is 0. The fraction of sp³-hybridized carbons (Fsp3) is 0.600. The molecule has 0 bridgehead atoms. The molecule has 1 saturated heterocycles. The standard InChI is InChI=1S/C10H17N5O/c1-7-8(3-5-16-7)6-13-9-2-4-12-10(14-9)15-11/h2,4,7-8H,3,5-6,11H2,1H3,(H2,12,13,14,15). The van der Waals surface area contributed by atoms with Crippen LogP contribution in [-0.2, 0) is 4.74 Å². The second kappa shape index (κ2) is 5.09. The molecule has 2 atom stereocenters. The molecule has 0 amide bonds. The van der Waals surface area contributed by atoms with E-state index < -0.39 is 0 Å². The van der Waals surface area contributed by atoms with Crippen molar-refractivity contribution in [2.45, 2.75) is 19.4 Å². The van der Waals surface area contributed by atoms with Gasteiger partial charge in [0.2, 0.25) is 5.95 Å². The number of hydrazine groups is 1. The molecule has 16 heavy (non-hydrogen) atoms. The van der Waals surface area contributed by atoms with Crippen molar-refractivity contribution in [3.8, 4) is 0 Å². The van der Waals surface area contributed by atoms with Crippen molar-refractivity contribution >= 4 is 11.8 Å². The number of anilines is 2. The minimum atomic E-state index is 0.321. The van der Waals surface area contributed by atoms with E-state index in [2.05, 4.69) is 27.6 Å². The zero-order valence-electron chi connectivity index (χ0n) is 9.31. The summed E-state index contributed by atoms with van der Waals surface area (Å²) in [5.74, 6) is 6.98. The van der Waals surface area contributed by atoms with E-state index in [9.17, 15) is 0 Å². The third-order valence-electron chi connectivity index (χ3n) is 2.86. The first kappa shape index (κ1) is 11.1. The van der Waals surface area contributed by atoms with Crippen molar-refractivity contribution in [1.29, 1.82) is 0 Å².